The summed E-state index contributed by atoms with van der Waals surface area (Å²) in [6.07, 6.45) is 9.14. The molecule has 1 aromatic rings. The first-order valence-corrected chi connectivity index (χ1v) is 7.89. The zero-order valence-corrected chi connectivity index (χ0v) is 12.8. The van der Waals surface area contributed by atoms with E-state index in [1.807, 2.05) is 6.92 Å². The molecule has 5 nitrogen and oxygen atoms in total. The molecule has 0 amide bonds. The van der Waals surface area contributed by atoms with Crippen LogP contribution in [0.15, 0.2) is 4.52 Å². The highest BCUT2D eigenvalue weighted by atomic mass is 16.5. The number of rotatable bonds is 7. The molecule has 1 aliphatic carbocycles. The van der Waals surface area contributed by atoms with Crippen LogP contribution in [0, 0.1) is 0 Å². The van der Waals surface area contributed by atoms with Crippen molar-refractivity contribution in [1.82, 2.24) is 15.0 Å². The molecular formula is C15H27N3O2. The summed E-state index contributed by atoms with van der Waals surface area (Å²) >= 11 is 0. The van der Waals surface area contributed by atoms with Crippen LogP contribution >= 0.6 is 0 Å². The van der Waals surface area contributed by atoms with Crippen LogP contribution in [0.1, 0.15) is 57.2 Å². The Kier molecular flexibility index (Phi) is 6.47. The summed E-state index contributed by atoms with van der Waals surface area (Å²) in [4.78, 5) is 6.49. The molecule has 0 radical (unpaired) electrons. The van der Waals surface area contributed by atoms with E-state index < -0.39 is 0 Å². The Morgan fingerprint density at radius 1 is 1.25 bits per heavy atom. The molecule has 5 heteroatoms. The van der Waals surface area contributed by atoms with E-state index in [9.17, 15) is 0 Å². The van der Waals surface area contributed by atoms with Crippen molar-refractivity contribution in [1.29, 1.82) is 0 Å². The molecule has 0 unspecified atom stereocenters. The van der Waals surface area contributed by atoms with E-state index in [-0.39, 0.29) is 0 Å². The van der Waals surface area contributed by atoms with Gasteiger partial charge in [-0.25, -0.2) is 0 Å². The fourth-order valence-corrected chi connectivity index (χ4v) is 2.59. The lowest BCUT2D eigenvalue weighted by molar-refractivity contribution is 0.0303. The van der Waals surface area contributed by atoms with Crippen LogP contribution < -0.4 is 0 Å². The highest BCUT2D eigenvalue weighted by molar-refractivity contribution is 4.85. The molecule has 0 saturated heterocycles. The van der Waals surface area contributed by atoms with Crippen LogP contribution in [-0.2, 0) is 17.7 Å². The Balaban J connectivity index is 1.63. The van der Waals surface area contributed by atoms with Gasteiger partial charge in [-0.05, 0) is 19.9 Å². The largest absolute Gasteiger partial charge is 0.377 e. The predicted octanol–water partition coefficient (Wildman–Crippen LogP) is 2.80. The summed E-state index contributed by atoms with van der Waals surface area (Å²) < 4.78 is 11.2. The summed E-state index contributed by atoms with van der Waals surface area (Å²) in [6.45, 7) is 4.41. The smallest absolute Gasteiger partial charge is 0.240 e. The number of nitrogens with zero attached hydrogens (tertiary/aromatic N) is 3. The van der Waals surface area contributed by atoms with Crippen LogP contribution in [0.25, 0.3) is 0 Å². The standard InChI is InChI=1S/C15H27N3O2/c1-3-14-16-15(20-17-14)12-18(2)10-11-19-13-8-6-4-5-7-9-13/h13H,3-12H2,1-2H3. The van der Waals surface area contributed by atoms with Gasteiger partial charge in [0.2, 0.25) is 5.89 Å². The van der Waals surface area contributed by atoms with Crippen LogP contribution in [0.4, 0.5) is 0 Å². The SMILES string of the molecule is CCc1noc(CN(C)CCOC2CCCCCC2)n1. The van der Waals surface area contributed by atoms with E-state index in [4.69, 9.17) is 9.26 Å². The first-order chi connectivity index (χ1) is 9.78. The summed E-state index contributed by atoms with van der Waals surface area (Å²) in [5.41, 5.74) is 0. The molecule has 0 aromatic carbocycles. The Morgan fingerprint density at radius 3 is 2.65 bits per heavy atom. The van der Waals surface area contributed by atoms with Crippen molar-refractivity contribution in [2.24, 2.45) is 0 Å². The van der Waals surface area contributed by atoms with Crippen LogP contribution in [0.5, 0.6) is 0 Å². The topological polar surface area (TPSA) is 51.4 Å². The van der Waals surface area contributed by atoms with E-state index >= 15 is 0 Å². The van der Waals surface area contributed by atoms with Gasteiger partial charge in [-0.15, -0.1) is 0 Å². The molecule has 1 heterocycles. The van der Waals surface area contributed by atoms with Gasteiger partial charge in [0.25, 0.3) is 0 Å². The van der Waals surface area contributed by atoms with Crippen molar-refractivity contribution >= 4 is 0 Å². The number of ether oxygens (including phenoxy) is 1. The molecule has 1 aliphatic rings. The summed E-state index contributed by atoms with van der Waals surface area (Å²) in [5.74, 6) is 1.47. The molecule has 0 spiro atoms. The molecule has 1 fully saturated rings. The fraction of sp³-hybridized carbons (Fsp3) is 0.867. The lowest BCUT2D eigenvalue weighted by Gasteiger charge is -2.18. The third kappa shape index (κ3) is 5.21. The molecule has 1 saturated carbocycles. The van der Waals surface area contributed by atoms with E-state index in [1.54, 1.807) is 0 Å². The van der Waals surface area contributed by atoms with Gasteiger partial charge < -0.3 is 9.26 Å². The Morgan fingerprint density at radius 2 is 2.00 bits per heavy atom. The third-order valence-corrected chi connectivity index (χ3v) is 3.86. The van der Waals surface area contributed by atoms with Gasteiger partial charge in [0.15, 0.2) is 5.82 Å². The summed E-state index contributed by atoms with van der Waals surface area (Å²) in [5, 5.41) is 3.91. The second kappa shape index (κ2) is 8.37. The van der Waals surface area contributed by atoms with Crippen LogP contribution in [0.2, 0.25) is 0 Å². The summed E-state index contributed by atoms with van der Waals surface area (Å²) in [6, 6.07) is 0. The van der Waals surface area contributed by atoms with E-state index in [1.165, 1.54) is 38.5 Å². The second-order valence-electron chi connectivity index (χ2n) is 5.68. The molecule has 2 rings (SSSR count). The molecule has 114 valence electrons. The minimum Gasteiger partial charge on any atom is -0.377 e. The average molecular weight is 281 g/mol. The first-order valence-electron chi connectivity index (χ1n) is 7.89. The minimum atomic E-state index is 0.473. The predicted molar refractivity (Wildman–Crippen MR) is 77.5 cm³/mol. The van der Waals surface area contributed by atoms with E-state index in [0.29, 0.717) is 18.5 Å². The van der Waals surface area contributed by atoms with Gasteiger partial charge >= 0.3 is 0 Å². The Hall–Kier alpha value is -0.940. The van der Waals surface area contributed by atoms with Gasteiger partial charge in [0.1, 0.15) is 0 Å². The maximum Gasteiger partial charge on any atom is 0.240 e. The van der Waals surface area contributed by atoms with E-state index in [0.717, 1.165) is 25.4 Å². The molecule has 0 N–H and O–H groups in total. The molecule has 1 aromatic heterocycles. The van der Waals surface area contributed by atoms with Gasteiger partial charge in [0.05, 0.1) is 19.3 Å². The van der Waals surface area contributed by atoms with Crippen molar-refractivity contribution < 1.29 is 9.26 Å². The Labute approximate surface area is 121 Å². The maximum atomic E-state index is 5.99. The zero-order chi connectivity index (χ0) is 14.2. The lowest BCUT2D eigenvalue weighted by Crippen LogP contribution is -2.25. The quantitative estimate of drug-likeness (QED) is 0.719. The van der Waals surface area contributed by atoms with Crippen molar-refractivity contribution in [2.45, 2.75) is 64.5 Å². The number of aryl methyl sites for hydroxylation is 1. The number of hydrogen-bond acceptors (Lipinski definition) is 5. The fourth-order valence-electron chi connectivity index (χ4n) is 2.59. The number of hydrogen-bond donors (Lipinski definition) is 0. The van der Waals surface area contributed by atoms with Gasteiger partial charge in [-0.3, -0.25) is 4.90 Å². The van der Waals surface area contributed by atoms with E-state index in [2.05, 4.69) is 22.1 Å². The third-order valence-electron chi connectivity index (χ3n) is 3.86. The minimum absolute atomic E-state index is 0.473. The summed E-state index contributed by atoms with van der Waals surface area (Å²) in [7, 11) is 2.06. The van der Waals surface area contributed by atoms with Gasteiger partial charge in [-0.2, -0.15) is 4.98 Å². The molecule has 0 aliphatic heterocycles. The second-order valence-corrected chi connectivity index (χ2v) is 5.68. The molecular weight excluding hydrogens is 254 g/mol. The molecule has 20 heavy (non-hydrogen) atoms. The maximum absolute atomic E-state index is 5.99. The van der Waals surface area contributed by atoms with Crippen molar-refractivity contribution in [3.8, 4) is 0 Å². The van der Waals surface area contributed by atoms with Crippen LogP contribution in [0.3, 0.4) is 0 Å². The Bertz CT molecular complexity index is 373. The molecule has 0 bridgehead atoms. The highest BCUT2D eigenvalue weighted by Gasteiger charge is 2.13. The van der Waals surface area contributed by atoms with Crippen molar-refractivity contribution in [2.75, 3.05) is 20.2 Å². The first kappa shape index (κ1) is 15.4. The lowest BCUT2D eigenvalue weighted by atomic mass is 10.1. The van der Waals surface area contributed by atoms with Gasteiger partial charge in [0, 0.05) is 13.0 Å². The normalized spacial score (nSPS) is 17.6. The monoisotopic (exact) mass is 281 g/mol. The average Bonchev–Trinajstić information content (AvgIpc) is 2.73. The van der Waals surface area contributed by atoms with Crippen LogP contribution in [-0.4, -0.2) is 41.3 Å². The number of aromatic nitrogens is 2. The van der Waals surface area contributed by atoms with Crippen molar-refractivity contribution in [3.05, 3.63) is 11.7 Å². The van der Waals surface area contributed by atoms with Crippen molar-refractivity contribution in [3.63, 3.8) is 0 Å². The highest BCUT2D eigenvalue weighted by Crippen LogP contribution is 2.19. The zero-order valence-electron chi connectivity index (χ0n) is 12.8. The van der Waals surface area contributed by atoms with Gasteiger partial charge in [-0.1, -0.05) is 37.8 Å². The number of likely N-dealkylation sites (N-methyl/N-ethyl adjacent to an activating group) is 1. The molecule has 0 atom stereocenters.